The average Bonchev–Trinajstić information content (AvgIpc) is 2.73. The molecule has 1 aliphatic rings. The quantitative estimate of drug-likeness (QED) is 0.671. The summed E-state index contributed by atoms with van der Waals surface area (Å²) in [6.45, 7) is 8.14. The van der Waals surface area contributed by atoms with Crippen LogP contribution in [0.1, 0.15) is 44.9 Å². The summed E-state index contributed by atoms with van der Waals surface area (Å²) < 4.78 is 2.10. The van der Waals surface area contributed by atoms with Crippen LogP contribution in [-0.2, 0) is 22.6 Å². The van der Waals surface area contributed by atoms with E-state index < -0.39 is 0 Å². The van der Waals surface area contributed by atoms with Crippen molar-refractivity contribution in [3.8, 4) is 0 Å². The summed E-state index contributed by atoms with van der Waals surface area (Å²) in [5.74, 6) is 1.72. The highest BCUT2D eigenvalue weighted by molar-refractivity contribution is 5.83. The van der Waals surface area contributed by atoms with Crippen LogP contribution in [0.2, 0.25) is 0 Å². The lowest BCUT2D eigenvalue weighted by Gasteiger charge is -2.21. The minimum absolute atomic E-state index is 0.0214. The first kappa shape index (κ1) is 17.4. The summed E-state index contributed by atoms with van der Waals surface area (Å²) >= 11 is 0. The first-order chi connectivity index (χ1) is 11.0. The number of nitrogens with one attached hydrogen (secondary N) is 3. The first-order valence-corrected chi connectivity index (χ1v) is 8.14. The first-order valence-electron chi connectivity index (χ1n) is 8.14. The van der Waals surface area contributed by atoms with Gasteiger partial charge >= 0.3 is 0 Å². The Morgan fingerprint density at radius 3 is 2.78 bits per heavy atom. The van der Waals surface area contributed by atoms with E-state index in [4.69, 9.17) is 0 Å². The highest BCUT2D eigenvalue weighted by Gasteiger charge is 2.24. The average molecular weight is 322 g/mol. The summed E-state index contributed by atoms with van der Waals surface area (Å²) in [6, 6.07) is -0.199. The van der Waals surface area contributed by atoms with E-state index in [9.17, 15) is 9.59 Å². The lowest BCUT2D eigenvalue weighted by Crippen LogP contribution is -2.39. The maximum Gasteiger partial charge on any atom is 0.239 e. The Balaban J connectivity index is 2.13. The van der Waals surface area contributed by atoms with Gasteiger partial charge in [-0.05, 0) is 12.3 Å². The van der Waals surface area contributed by atoms with E-state index >= 15 is 0 Å². The van der Waals surface area contributed by atoms with Gasteiger partial charge in [0, 0.05) is 33.0 Å². The topological polar surface area (TPSA) is 101 Å². The summed E-state index contributed by atoms with van der Waals surface area (Å²) in [5, 5.41) is 17.4. The van der Waals surface area contributed by atoms with Crippen molar-refractivity contribution in [2.45, 2.75) is 46.2 Å². The van der Waals surface area contributed by atoms with E-state index in [1.165, 1.54) is 6.92 Å². The fourth-order valence-corrected chi connectivity index (χ4v) is 2.70. The zero-order valence-corrected chi connectivity index (χ0v) is 14.1. The van der Waals surface area contributed by atoms with Gasteiger partial charge in [0.05, 0.1) is 12.6 Å². The van der Waals surface area contributed by atoms with Gasteiger partial charge in [-0.25, -0.2) is 0 Å². The Kier molecular flexibility index (Phi) is 6.09. The molecule has 0 bridgehead atoms. The third kappa shape index (κ3) is 5.02. The fourth-order valence-electron chi connectivity index (χ4n) is 2.70. The predicted molar refractivity (Wildman–Crippen MR) is 85.6 cm³/mol. The second-order valence-corrected chi connectivity index (χ2v) is 6.29. The molecule has 1 atom stereocenters. The lowest BCUT2D eigenvalue weighted by atomic mass is 10.0. The van der Waals surface area contributed by atoms with Crippen LogP contribution in [0.15, 0.2) is 0 Å². The Morgan fingerprint density at radius 2 is 2.09 bits per heavy atom. The number of amides is 2. The number of hydrogen-bond acceptors (Lipinski definition) is 5. The molecular weight excluding hydrogens is 296 g/mol. The third-order valence-corrected chi connectivity index (χ3v) is 3.75. The predicted octanol–water partition coefficient (Wildman–Crippen LogP) is -0.237. The van der Waals surface area contributed by atoms with Crippen molar-refractivity contribution in [2.75, 3.05) is 19.6 Å². The molecule has 8 nitrogen and oxygen atoms in total. The highest BCUT2D eigenvalue weighted by Crippen LogP contribution is 2.21. The van der Waals surface area contributed by atoms with Crippen LogP contribution in [-0.4, -0.2) is 46.2 Å². The Bertz CT molecular complexity index is 554. The number of aromatic nitrogens is 3. The SMILES string of the molecule is CC(=O)NCC(=O)N[C@@H](CC(C)C)c1nnc2n1CCNCC2. The molecule has 2 amide bonds. The van der Waals surface area contributed by atoms with Gasteiger partial charge < -0.3 is 20.5 Å². The number of carbonyl (C=O) groups excluding carboxylic acids is 2. The molecule has 0 radical (unpaired) electrons. The zero-order chi connectivity index (χ0) is 16.8. The van der Waals surface area contributed by atoms with Crippen molar-refractivity contribution < 1.29 is 9.59 Å². The smallest absolute Gasteiger partial charge is 0.239 e. The molecule has 3 N–H and O–H groups in total. The molecule has 0 aromatic carbocycles. The minimum Gasteiger partial charge on any atom is -0.347 e. The standard InChI is InChI=1S/C15H26N6O2/c1-10(2)8-12(18-14(23)9-17-11(3)22)15-20-19-13-4-5-16-6-7-21(13)15/h10,12,16H,4-9H2,1-3H3,(H,17,22)(H,18,23)/t12-/m0/s1. The summed E-state index contributed by atoms with van der Waals surface area (Å²) in [5.41, 5.74) is 0. The summed E-state index contributed by atoms with van der Waals surface area (Å²) in [4.78, 5) is 23.0. The van der Waals surface area contributed by atoms with E-state index in [0.717, 1.165) is 44.1 Å². The van der Waals surface area contributed by atoms with E-state index in [0.29, 0.717) is 5.92 Å². The van der Waals surface area contributed by atoms with E-state index in [1.54, 1.807) is 0 Å². The van der Waals surface area contributed by atoms with Crippen LogP contribution in [0.25, 0.3) is 0 Å². The second kappa shape index (κ2) is 8.05. The van der Waals surface area contributed by atoms with Crippen LogP contribution in [0.5, 0.6) is 0 Å². The van der Waals surface area contributed by atoms with Crippen LogP contribution >= 0.6 is 0 Å². The molecule has 0 unspecified atom stereocenters. The second-order valence-electron chi connectivity index (χ2n) is 6.29. The van der Waals surface area contributed by atoms with E-state index in [1.807, 2.05) is 0 Å². The Morgan fingerprint density at radius 1 is 1.30 bits per heavy atom. The number of fused-ring (bicyclic) bond motifs is 1. The molecule has 1 aliphatic heterocycles. The van der Waals surface area contributed by atoms with E-state index in [-0.39, 0.29) is 24.4 Å². The minimum atomic E-state index is -0.219. The lowest BCUT2D eigenvalue weighted by molar-refractivity contribution is -0.125. The number of hydrogen-bond donors (Lipinski definition) is 3. The molecule has 2 rings (SSSR count). The molecule has 1 aromatic heterocycles. The Hall–Kier alpha value is -1.96. The van der Waals surface area contributed by atoms with Crippen molar-refractivity contribution in [1.82, 2.24) is 30.7 Å². The highest BCUT2D eigenvalue weighted by atomic mass is 16.2. The van der Waals surface area contributed by atoms with Crippen LogP contribution in [0, 0.1) is 5.92 Å². The molecule has 23 heavy (non-hydrogen) atoms. The normalized spacial score (nSPS) is 15.7. The molecule has 0 saturated carbocycles. The van der Waals surface area contributed by atoms with Gasteiger partial charge in [-0.1, -0.05) is 13.8 Å². The zero-order valence-electron chi connectivity index (χ0n) is 14.1. The molecule has 0 saturated heterocycles. The van der Waals surface area contributed by atoms with Gasteiger partial charge in [-0.2, -0.15) is 0 Å². The fraction of sp³-hybridized carbons (Fsp3) is 0.733. The number of nitrogens with zero attached hydrogens (tertiary/aromatic N) is 3. The van der Waals surface area contributed by atoms with Crippen LogP contribution in [0.4, 0.5) is 0 Å². The third-order valence-electron chi connectivity index (χ3n) is 3.75. The molecular formula is C15H26N6O2. The van der Waals surface area contributed by atoms with Crippen LogP contribution in [0.3, 0.4) is 0 Å². The number of carbonyl (C=O) groups is 2. The van der Waals surface area contributed by atoms with Gasteiger partial charge in [0.25, 0.3) is 0 Å². The van der Waals surface area contributed by atoms with Gasteiger partial charge in [0.1, 0.15) is 5.82 Å². The van der Waals surface area contributed by atoms with E-state index in [2.05, 4.69) is 44.6 Å². The van der Waals surface area contributed by atoms with Gasteiger partial charge in [0.15, 0.2) is 5.82 Å². The molecule has 128 valence electrons. The van der Waals surface area contributed by atoms with Gasteiger partial charge in [-0.3, -0.25) is 9.59 Å². The van der Waals surface area contributed by atoms with Crippen LogP contribution < -0.4 is 16.0 Å². The monoisotopic (exact) mass is 322 g/mol. The summed E-state index contributed by atoms with van der Waals surface area (Å²) in [7, 11) is 0. The van der Waals surface area contributed by atoms with Gasteiger partial charge in [-0.15, -0.1) is 10.2 Å². The number of rotatable bonds is 6. The van der Waals surface area contributed by atoms with Crippen molar-refractivity contribution in [2.24, 2.45) is 5.92 Å². The summed E-state index contributed by atoms with van der Waals surface area (Å²) in [6.07, 6.45) is 1.61. The molecule has 2 heterocycles. The van der Waals surface area contributed by atoms with Crippen molar-refractivity contribution in [3.63, 3.8) is 0 Å². The van der Waals surface area contributed by atoms with Gasteiger partial charge in [0.2, 0.25) is 11.8 Å². The van der Waals surface area contributed by atoms with Crippen molar-refractivity contribution in [3.05, 3.63) is 11.6 Å². The maximum atomic E-state index is 12.1. The molecule has 0 fully saturated rings. The largest absolute Gasteiger partial charge is 0.347 e. The Labute approximate surface area is 136 Å². The molecule has 0 spiro atoms. The van der Waals surface area contributed by atoms with Crippen molar-refractivity contribution >= 4 is 11.8 Å². The van der Waals surface area contributed by atoms with Crippen molar-refractivity contribution in [1.29, 1.82) is 0 Å². The maximum absolute atomic E-state index is 12.1. The molecule has 8 heteroatoms. The molecule has 1 aromatic rings. The molecule has 0 aliphatic carbocycles.